The second kappa shape index (κ2) is 5.30. The summed E-state index contributed by atoms with van der Waals surface area (Å²) in [5.74, 6) is 0.998. The predicted octanol–water partition coefficient (Wildman–Crippen LogP) is 0.961. The van der Waals surface area contributed by atoms with Gasteiger partial charge in [-0.15, -0.1) is 0 Å². The lowest BCUT2D eigenvalue weighted by Crippen LogP contribution is -2.25. The third kappa shape index (κ3) is 3.06. The first-order chi connectivity index (χ1) is 7.38. The molecule has 0 amide bonds. The third-order valence-electron chi connectivity index (χ3n) is 2.64. The summed E-state index contributed by atoms with van der Waals surface area (Å²) < 4.78 is 10.8. The molecule has 1 aliphatic rings. The van der Waals surface area contributed by atoms with Gasteiger partial charge in [-0.3, -0.25) is 4.90 Å². The maximum absolute atomic E-state index is 5.53. The second-order valence-corrected chi connectivity index (χ2v) is 3.87. The van der Waals surface area contributed by atoms with E-state index in [1.807, 2.05) is 6.07 Å². The van der Waals surface area contributed by atoms with Gasteiger partial charge in [-0.2, -0.15) is 0 Å². The monoisotopic (exact) mass is 210 g/mol. The minimum Gasteiger partial charge on any atom is -0.468 e. The van der Waals surface area contributed by atoms with Crippen molar-refractivity contribution < 1.29 is 9.15 Å². The van der Waals surface area contributed by atoms with Gasteiger partial charge in [0, 0.05) is 31.8 Å². The van der Waals surface area contributed by atoms with E-state index in [2.05, 4.69) is 4.90 Å². The summed E-state index contributed by atoms with van der Waals surface area (Å²) in [6.07, 6.45) is 2.84. The van der Waals surface area contributed by atoms with E-state index in [1.165, 1.54) is 0 Å². The van der Waals surface area contributed by atoms with E-state index in [0.717, 1.165) is 50.6 Å². The number of nitrogens with zero attached hydrogens (tertiary/aromatic N) is 1. The predicted molar refractivity (Wildman–Crippen MR) is 57.3 cm³/mol. The van der Waals surface area contributed by atoms with E-state index in [9.17, 15) is 0 Å². The lowest BCUT2D eigenvalue weighted by atomic mass is 10.3. The molecule has 1 saturated heterocycles. The summed E-state index contributed by atoms with van der Waals surface area (Å²) in [4.78, 5) is 2.35. The summed E-state index contributed by atoms with van der Waals surface area (Å²) in [6.45, 7) is 5.18. The maximum atomic E-state index is 5.53. The fourth-order valence-electron chi connectivity index (χ4n) is 1.79. The molecule has 0 bridgehead atoms. The van der Waals surface area contributed by atoms with Gasteiger partial charge in [-0.05, 0) is 12.5 Å². The molecule has 1 aliphatic heterocycles. The van der Waals surface area contributed by atoms with Gasteiger partial charge >= 0.3 is 0 Å². The standard InChI is InChI=1S/C11H18N2O2/c12-7-10-6-11(15-9-10)8-13-2-1-4-14-5-3-13/h6,9H,1-5,7-8,12H2. The first kappa shape index (κ1) is 10.7. The van der Waals surface area contributed by atoms with Gasteiger partial charge in [-0.25, -0.2) is 0 Å². The average molecular weight is 210 g/mol. The summed E-state index contributed by atoms with van der Waals surface area (Å²) >= 11 is 0. The number of hydrogen-bond donors (Lipinski definition) is 1. The molecule has 2 N–H and O–H groups in total. The highest BCUT2D eigenvalue weighted by Gasteiger charge is 2.11. The molecule has 0 atom stereocenters. The van der Waals surface area contributed by atoms with Crippen molar-refractivity contribution in [3.8, 4) is 0 Å². The van der Waals surface area contributed by atoms with E-state index in [1.54, 1.807) is 6.26 Å². The van der Waals surface area contributed by atoms with Crippen LogP contribution in [0.2, 0.25) is 0 Å². The minimum atomic E-state index is 0.548. The van der Waals surface area contributed by atoms with E-state index in [-0.39, 0.29) is 0 Å². The van der Waals surface area contributed by atoms with Crippen LogP contribution in [0.15, 0.2) is 16.7 Å². The molecule has 15 heavy (non-hydrogen) atoms. The fourth-order valence-corrected chi connectivity index (χ4v) is 1.79. The molecule has 4 heteroatoms. The van der Waals surface area contributed by atoms with Gasteiger partial charge in [0.05, 0.1) is 19.4 Å². The Balaban J connectivity index is 1.89. The number of ether oxygens (including phenoxy) is 1. The molecular weight excluding hydrogens is 192 g/mol. The van der Waals surface area contributed by atoms with Gasteiger partial charge in [0.1, 0.15) is 5.76 Å². The highest BCUT2D eigenvalue weighted by Crippen LogP contribution is 2.11. The Morgan fingerprint density at radius 3 is 3.07 bits per heavy atom. The van der Waals surface area contributed by atoms with Crippen molar-refractivity contribution in [3.05, 3.63) is 23.7 Å². The van der Waals surface area contributed by atoms with Crippen molar-refractivity contribution in [1.29, 1.82) is 0 Å². The van der Waals surface area contributed by atoms with Crippen LogP contribution in [0.3, 0.4) is 0 Å². The highest BCUT2D eigenvalue weighted by molar-refractivity contribution is 5.12. The van der Waals surface area contributed by atoms with Crippen LogP contribution in [0, 0.1) is 0 Å². The van der Waals surface area contributed by atoms with Crippen molar-refractivity contribution in [2.45, 2.75) is 19.5 Å². The zero-order chi connectivity index (χ0) is 10.5. The maximum Gasteiger partial charge on any atom is 0.118 e. The molecule has 2 rings (SSSR count). The molecule has 0 spiro atoms. The fraction of sp³-hybridized carbons (Fsp3) is 0.636. The smallest absolute Gasteiger partial charge is 0.118 e. The Labute approximate surface area is 90.0 Å². The lowest BCUT2D eigenvalue weighted by Gasteiger charge is -2.16. The molecule has 2 heterocycles. The first-order valence-corrected chi connectivity index (χ1v) is 5.45. The molecule has 0 unspecified atom stereocenters. The number of rotatable bonds is 3. The van der Waals surface area contributed by atoms with E-state index in [4.69, 9.17) is 14.9 Å². The normalized spacial score (nSPS) is 19.0. The zero-order valence-electron chi connectivity index (χ0n) is 8.95. The van der Waals surface area contributed by atoms with E-state index in [0.29, 0.717) is 6.54 Å². The molecule has 0 aromatic carbocycles. The topological polar surface area (TPSA) is 51.6 Å². The summed E-state index contributed by atoms with van der Waals surface area (Å²) in [6, 6.07) is 2.03. The molecule has 0 aliphatic carbocycles. The van der Waals surface area contributed by atoms with Crippen molar-refractivity contribution in [3.63, 3.8) is 0 Å². The molecular formula is C11H18N2O2. The minimum absolute atomic E-state index is 0.548. The van der Waals surface area contributed by atoms with Crippen molar-refractivity contribution in [2.75, 3.05) is 26.3 Å². The van der Waals surface area contributed by atoms with Gasteiger partial charge < -0.3 is 14.9 Å². The van der Waals surface area contributed by atoms with Crippen LogP contribution >= 0.6 is 0 Å². The van der Waals surface area contributed by atoms with Crippen LogP contribution in [0.5, 0.6) is 0 Å². The van der Waals surface area contributed by atoms with Crippen LogP contribution < -0.4 is 5.73 Å². The molecule has 0 radical (unpaired) electrons. The summed E-state index contributed by atoms with van der Waals surface area (Å²) in [7, 11) is 0. The summed E-state index contributed by atoms with van der Waals surface area (Å²) in [5.41, 5.74) is 6.59. The molecule has 0 saturated carbocycles. The van der Waals surface area contributed by atoms with Crippen LogP contribution in [0.1, 0.15) is 17.7 Å². The van der Waals surface area contributed by atoms with Gasteiger partial charge in [0.15, 0.2) is 0 Å². The Hall–Kier alpha value is -0.840. The molecule has 1 fully saturated rings. The van der Waals surface area contributed by atoms with Crippen LogP contribution in [0.25, 0.3) is 0 Å². The molecule has 4 nitrogen and oxygen atoms in total. The number of nitrogens with two attached hydrogens (primary N) is 1. The summed E-state index contributed by atoms with van der Waals surface area (Å²) in [5, 5.41) is 0. The van der Waals surface area contributed by atoms with Crippen molar-refractivity contribution in [2.24, 2.45) is 5.73 Å². The molecule has 1 aromatic rings. The van der Waals surface area contributed by atoms with Crippen molar-refractivity contribution in [1.82, 2.24) is 4.90 Å². The third-order valence-corrected chi connectivity index (χ3v) is 2.64. The number of furan rings is 1. The molecule has 84 valence electrons. The first-order valence-electron chi connectivity index (χ1n) is 5.45. The Bertz CT molecular complexity index is 291. The Morgan fingerprint density at radius 2 is 2.27 bits per heavy atom. The Kier molecular flexibility index (Phi) is 3.77. The zero-order valence-corrected chi connectivity index (χ0v) is 8.95. The van der Waals surface area contributed by atoms with Crippen molar-refractivity contribution >= 4 is 0 Å². The quantitative estimate of drug-likeness (QED) is 0.807. The van der Waals surface area contributed by atoms with Crippen LogP contribution in [0.4, 0.5) is 0 Å². The SMILES string of the molecule is NCc1coc(CN2CCCOCC2)c1. The van der Waals surface area contributed by atoms with Gasteiger partial charge in [-0.1, -0.05) is 0 Å². The van der Waals surface area contributed by atoms with Crippen LogP contribution in [-0.2, 0) is 17.8 Å². The number of hydrogen-bond acceptors (Lipinski definition) is 4. The Morgan fingerprint density at radius 1 is 1.33 bits per heavy atom. The highest BCUT2D eigenvalue weighted by atomic mass is 16.5. The molecule has 1 aromatic heterocycles. The second-order valence-electron chi connectivity index (χ2n) is 3.87. The lowest BCUT2D eigenvalue weighted by molar-refractivity contribution is 0.139. The van der Waals surface area contributed by atoms with Gasteiger partial charge in [0.2, 0.25) is 0 Å². The average Bonchev–Trinajstić information content (AvgIpc) is 2.54. The largest absolute Gasteiger partial charge is 0.468 e. The van der Waals surface area contributed by atoms with E-state index >= 15 is 0 Å². The van der Waals surface area contributed by atoms with Crippen LogP contribution in [-0.4, -0.2) is 31.2 Å². The van der Waals surface area contributed by atoms with E-state index < -0.39 is 0 Å². The van der Waals surface area contributed by atoms with Gasteiger partial charge in [0.25, 0.3) is 0 Å².